The van der Waals surface area contributed by atoms with Gasteiger partial charge in [0.25, 0.3) is 0 Å². The van der Waals surface area contributed by atoms with Crippen LogP contribution < -0.4 is 4.74 Å². The summed E-state index contributed by atoms with van der Waals surface area (Å²) in [6.45, 7) is 0. The Labute approximate surface area is 101 Å². The third-order valence-corrected chi connectivity index (χ3v) is 2.99. The standard InChI is InChI=1S/C13H8F2O3/c14-8-2-6-1-7-3-9(15)11(17)5-13(7)18-12(6)4-10(8)16/h2-4,16H,1,5H2. The van der Waals surface area contributed by atoms with Crippen molar-refractivity contribution in [2.75, 3.05) is 0 Å². The van der Waals surface area contributed by atoms with E-state index in [0.29, 0.717) is 22.6 Å². The molecule has 0 saturated carbocycles. The van der Waals surface area contributed by atoms with Crippen LogP contribution in [0.25, 0.3) is 0 Å². The first-order chi connectivity index (χ1) is 8.54. The first-order valence-electron chi connectivity index (χ1n) is 5.36. The van der Waals surface area contributed by atoms with Gasteiger partial charge < -0.3 is 9.84 Å². The molecule has 1 aliphatic carbocycles. The second-order valence-corrected chi connectivity index (χ2v) is 4.23. The highest BCUT2D eigenvalue weighted by Gasteiger charge is 2.27. The van der Waals surface area contributed by atoms with Crippen LogP contribution in [0.5, 0.6) is 11.5 Å². The summed E-state index contributed by atoms with van der Waals surface area (Å²) in [7, 11) is 0. The zero-order chi connectivity index (χ0) is 12.9. The van der Waals surface area contributed by atoms with Crippen molar-refractivity contribution in [3.63, 3.8) is 0 Å². The van der Waals surface area contributed by atoms with Gasteiger partial charge in [0.1, 0.15) is 11.5 Å². The fourth-order valence-corrected chi connectivity index (χ4v) is 2.06. The molecule has 92 valence electrons. The minimum absolute atomic E-state index is 0.144. The summed E-state index contributed by atoms with van der Waals surface area (Å²) >= 11 is 0. The number of ether oxygens (including phenoxy) is 1. The Hall–Kier alpha value is -2.17. The second kappa shape index (κ2) is 3.66. The number of carbonyl (C=O) groups excluding carboxylic acids is 1. The summed E-state index contributed by atoms with van der Waals surface area (Å²) in [5.74, 6) is -2.04. The number of aromatic hydroxyl groups is 1. The second-order valence-electron chi connectivity index (χ2n) is 4.23. The minimum atomic E-state index is -0.806. The molecule has 18 heavy (non-hydrogen) atoms. The monoisotopic (exact) mass is 250 g/mol. The van der Waals surface area contributed by atoms with E-state index >= 15 is 0 Å². The van der Waals surface area contributed by atoms with Gasteiger partial charge in [0.05, 0.1) is 6.42 Å². The number of ketones is 1. The van der Waals surface area contributed by atoms with Gasteiger partial charge in [-0.05, 0) is 17.7 Å². The first kappa shape index (κ1) is 11.0. The number of rotatable bonds is 0. The lowest BCUT2D eigenvalue weighted by molar-refractivity contribution is -0.116. The average Bonchev–Trinajstić information content (AvgIpc) is 2.31. The SMILES string of the molecule is O=C1CC2=C(C=C1F)Cc1cc(F)c(O)cc1O2. The highest BCUT2D eigenvalue weighted by Crippen LogP contribution is 2.38. The van der Waals surface area contributed by atoms with Crippen LogP contribution in [0.15, 0.2) is 35.4 Å². The number of fused-ring (bicyclic) bond motifs is 1. The lowest BCUT2D eigenvalue weighted by Gasteiger charge is -2.24. The molecule has 0 unspecified atom stereocenters. The van der Waals surface area contributed by atoms with Crippen LogP contribution in [-0.2, 0) is 11.2 Å². The zero-order valence-corrected chi connectivity index (χ0v) is 9.17. The van der Waals surface area contributed by atoms with E-state index in [0.717, 1.165) is 18.2 Å². The quantitative estimate of drug-likeness (QED) is 0.769. The molecule has 1 aromatic carbocycles. The number of phenols is 1. The fourth-order valence-electron chi connectivity index (χ4n) is 2.06. The lowest BCUT2D eigenvalue weighted by atomic mass is 9.94. The maximum absolute atomic E-state index is 13.2. The number of carbonyl (C=O) groups is 1. The van der Waals surface area contributed by atoms with Gasteiger partial charge in [0.2, 0.25) is 0 Å². The van der Waals surface area contributed by atoms with E-state index in [1.54, 1.807) is 0 Å². The summed E-state index contributed by atoms with van der Waals surface area (Å²) in [4.78, 5) is 11.2. The minimum Gasteiger partial charge on any atom is -0.505 e. The lowest BCUT2D eigenvalue weighted by Crippen LogP contribution is -2.17. The van der Waals surface area contributed by atoms with E-state index < -0.39 is 23.2 Å². The van der Waals surface area contributed by atoms with E-state index in [1.165, 1.54) is 0 Å². The maximum atomic E-state index is 13.2. The van der Waals surface area contributed by atoms with Crippen LogP contribution in [0.4, 0.5) is 8.78 Å². The molecule has 0 fully saturated rings. The third-order valence-electron chi connectivity index (χ3n) is 2.99. The van der Waals surface area contributed by atoms with Gasteiger partial charge in [-0.2, -0.15) is 0 Å². The van der Waals surface area contributed by atoms with Gasteiger partial charge in [0, 0.05) is 18.1 Å². The molecule has 1 N–H and O–H groups in total. The van der Waals surface area contributed by atoms with Crippen molar-refractivity contribution in [1.82, 2.24) is 0 Å². The highest BCUT2D eigenvalue weighted by molar-refractivity contribution is 5.96. The third kappa shape index (κ3) is 1.59. The van der Waals surface area contributed by atoms with Crippen molar-refractivity contribution in [2.24, 2.45) is 0 Å². The molecule has 0 amide bonds. The van der Waals surface area contributed by atoms with Gasteiger partial charge in [0.15, 0.2) is 23.2 Å². The summed E-state index contributed by atoms with van der Waals surface area (Å²) in [5, 5.41) is 9.26. The van der Waals surface area contributed by atoms with E-state index in [4.69, 9.17) is 4.74 Å². The number of hydrogen-bond acceptors (Lipinski definition) is 3. The largest absolute Gasteiger partial charge is 0.505 e. The molecular weight excluding hydrogens is 242 g/mol. The molecule has 0 radical (unpaired) electrons. The molecule has 3 rings (SSSR count). The Bertz CT molecular complexity index is 629. The molecule has 1 aliphatic heterocycles. The van der Waals surface area contributed by atoms with E-state index in [9.17, 15) is 18.7 Å². The Morgan fingerprint density at radius 2 is 2.00 bits per heavy atom. The normalized spacial score (nSPS) is 17.9. The predicted molar refractivity (Wildman–Crippen MR) is 58.2 cm³/mol. The Kier molecular flexibility index (Phi) is 2.23. The van der Waals surface area contributed by atoms with Crippen LogP contribution in [0.1, 0.15) is 12.0 Å². The van der Waals surface area contributed by atoms with E-state index in [1.807, 2.05) is 0 Å². The van der Waals surface area contributed by atoms with E-state index in [2.05, 4.69) is 0 Å². The number of halogens is 2. The highest BCUT2D eigenvalue weighted by atomic mass is 19.1. The molecule has 0 bridgehead atoms. The first-order valence-corrected chi connectivity index (χ1v) is 5.36. The number of phenolic OH excluding ortho intramolecular Hbond substituents is 1. The Balaban J connectivity index is 2.04. The molecule has 2 aliphatic rings. The molecule has 3 nitrogen and oxygen atoms in total. The number of hydrogen-bond donors (Lipinski definition) is 1. The number of allylic oxidation sites excluding steroid dienone is 4. The predicted octanol–water partition coefficient (Wildman–Crippen LogP) is 2.55. The van der Waals surface area contributed by atoms with Crippen LogP contribution in [-0.4, -0.2) is 10.9 Å². The molecule has 1 heterocycles. The number of benzene rings is 1. The smallest absolute Gasteiger partial charge is 0.198 e. The van der Waals surface area contributed by atoms with Crippen LogP contribution in [0, 0.1) is 5.82 Å². The number of Topliss-reactive ketones (excluding diaryl/α,β-unsaturated/α-hetero) is 1. The van der Waals surface area contributed by atoms with Gasteiger partial charge in [-0.1, -0.05) is 0 Å². The van der Waals surface area contributed by atoms with Gasteiger partial charge in [-0.3, -0.25) is 4.79 Å². The molecular formula is C13H8F2O3. The van der Waals surface area contributed by atoms with Gasteiger partial charge in [-0.15, -0.1) is 0 Å². The van der Waals surface area contributed by atoms with Crippen molar-refractivity contribution in [1.29, 1.82) is 0 Å². The van der Waals surface area contributed by atoms with Crippen LogP contribution >= 0.6 is 0 Å². The van der Waals surface area contributed by atoms with Crippen molar-refractivity contribution < 1.29 is 23.4 Å². The maximum Gasteiger partial charge on any atom is 0.198 e. The van der Waals surface area contributed by atoms with Crippen molar-refractivity contribution >= 4 is 5.78 Å². The van der Waals surface area contributed by atoms with Gasteiger partial charge >= 0.3 is 0 Å². The summed E-state index contributed by atoms with van der Waals surface area (Å²) < 4.78 is 31.8. The summed E-state index contributed by atoms with van der Waals surface area (Å²) in [5.41, 5.74) is 1.05. The molecule has 0 atom stereocenters. The van der Waals surface area contributed by atoms with Crippen molar-refractivity contribution in [3.8, 4) is 11.5 Å². The molecule has 0 spiro atoms. The topological polar surface area (TPSA) is 46.5 Å². The van der Waals surface area contributed by atoms with Gasteiger partial charge in [-0.25, -0.2) is 8.78 Å². The Morgan fingerprint density at radius 3 is 2.78 bits per heavy atom. The average molecular weight is 250 g/mol. The summed E-state index contributed by atoms with van der Waals surface area (Å²) in [6, 6.07) is 2.31. The molecule has 0 saturated heterocycles. The van der Waals surface area contributed by atoms with Crippen LogP contribution in [0.2, 0.25) is 0 Å². The zero-order valence-electron chi connectivity index (χ0n) is 9.17. The molecule has 0 aromatic heterocycles. The fraction of sp³-hybridized carbons (Fsp3) is 0.154. The van der Waals surface area contributed by atoms with E-state index in [-0.39, 0.29) is 12.8 Å². The molecule has 1 aromatic rings. The molecule has 5 heteroatoms. The van der Waals surface area contributed by atoms with Crippen molar-refractivity contribution in [3.05, 3.63) is 46.7 Å². The Morgan fingerprint density at radius 1 is 1.22 bits per heavy atom. The van der Waals surface area contributed by atoms with Crippen molar-refractivity contribution in [2.45, 2.75) is 12.8 Å². The summed E-state index contributed by atoms with van der Waals surface area (Å²) in [6.07, 6.45) is 1.26. The van der Waals surface area contributed by atoms with Crippen LogP contribution in [0.3, 0.4) is 0 Å².